The molecule has 1 atom stereocenters. The number of para-hydroxylation sites is 1. The lowest BCUT2D eigenvalue weighted by Gasteiger charge is -2.26. The van der Waals surface area contributed by atoms with Crippen molar-refractivity contribution >= 4 is 5.91 Å². The van der Waals surface area contributed by atoms with Gasteiger partial charge in [-0.2, -0.15) is 0 Å². The van der Waals surface area contributed by atoms with Crippen molar-refractivity contribution in [1.82, 2.24) is 5.32 Å². The Morgan fingerprint density at radius 2 is 1.81 bits per heavy atom. The van der Waals surface area contributed by atoms with E-state index in [1.807, 2.05) is 18.2 Å². The van der Waals surface area contributed by atoms with E-state index < -0.39 is 23.1 Å². The Balaban J connectivity index is 1.86. The van der Waals surface area contributed by atoms with Crippen LogP contribution in [0.4, 0.5) is 8.78 Å². The van der Waals surface area contributed by atoms with Crippen LogP contribution in [0.3, 0.4) is 0 Å². The van der Waals surface area contributed by atoms with Gasteiger partial charge in [0.25, 0.3) is 5.91 Å². The number of amides is 1. The Morgan fingerprint density at radius 3 is 2.57 bits per heavy atom. The molecule has 0 saturated carbocycles. The maximum absolute atomic E-state index is 13.6. The van der Waals surface area contributed by atoms with Crippen molar-refractivity contribution in [2.24, 2.45) is 0 Å². The maximum Gasteiger partial charge on any atom is 0.257 e. The molecule has 2 aromatic rings. The zero-order chi connectivity index (χ0) is 14.8. The second-order valence-corrected chi connectivity index (χ2v) is 4.80. The van der Waals surface area contributed by atoms with Gasteiger partial charge in [-0.05, 0) is 18.2 Å². The van der Waals surface area contributed by atoms with Gasteiger partial charge in [-0.3, -0.25) is 4.79 Å². The van der Waals surface area contributed by atoms with Gasteiger partial charge >= 0.3 is 0 Å². The molecule has 5 heteroatoms. The average molecular weight is 289 g/mol. The molecule has 0 saturated heterocycles. The number of nitrogens with one attached hydrogen (secondary N) is 1. The molecule has 1 aliphatic rings. The van der Waals surface area contributed by atoms with Crippen molar-refractivity contribution in [3.8, 4) is 5.75 Å². The van der Waals surface area contributed by atoms with E-state index in [-0.39, 0.29) is 6.04 Å². The van der Waals surface area contributed by atoms with Crippen LogP contribution >= 0.6 is 0 Å². The average Bonchev–Trinajstić information content (AvgIpc) is 2.47. The maximum atomic E-state index is 13.6. The van der Waals surface area contributed by atoms with E-state index in [2.05, 4.69) is 5.32 Å². The van der Waals surface area contributed by atoms with E-state index in [1.54, 1.807) is 6.07 Å². The number of benzene rings is 2. The highest BCUT2D eigenvalue weighted by atomic mass is 19.1. The van der Waals surface area contributed by atoms with Crippen molar-refractivity contribution in [1.29, 1.82) is 0 Å². The minimum atomic E-state index is -0.868. The molecule has 1 aliphatic heterocycles. The molecular weight excluding hydrogens is 276 g/mol. The Hall–Kier alpha value is -2.43. The first-order chi connectivity index (χ1) is 10.2. The zero-order valence-corrected chi connectivity index (χ0v) is 11.1. The van der Waals surface area contributed by atoms with Crippen LogP contribution in [0, 0.1) is 11.6 Å². The Labute approximate surface area is 120 Å². The molecule has 0 spiro atoms. The highest BCUT2D eigenvalue weighted by Crippen LogP contribution is 2.31. The van der Waals surface area contributed by atoms with E-state index in [9.17, 15) is 13.6 Å². The first kappa shape index (κ1) is 13.5. The van der Waals surface area contributed by atoms with Crippen LogP contribution in [0.1, 0.15) is 28.4 Å². The van der Waals surface area contributed by atoms with Gasteiger partial charge < -0.3 is 10.1 Å². The Bertz CT molecular complexity index is 667. The summed E-state index contributed by atoms with van der Waals surface area (Å²) in [6, 6.07) is 10.3. The smallest absolute Gasteiger partial charge is 0.257 e. The van der Waals surface area contributed by atoms with Gasteiger partial charge in [0.2, 0.25) is 0 Å². The number of hydrogen-bond acceptors (Lipinski definition) is 2. The molecule has 108 valence electrons. The minimum Gasteiger partial charge on any atom is -0.493 e. The first-order valence-corrected chi connectivity index (χ1v) is 6.63. The second-order valence-electron chi connectivity index (χ2n) is 4.80. The summed E-state index contributed by atoms with van der Waals surface area (Å²) in [6.07, 6.45) is 0.554. The lowest BCUT2D eigenvalue weighted by Crippen LogP contribution is -2.33. The Kier molecular flexibility index (Phi) is 3.56. The zero-order valence-electron chi connectivity index (χ0n) is 11.1. The lowest BCUT2D eigenvalue weighted by molar-refractivity contribution is 0.0916. The predicted octanol–water partition coefficient (Wildman–Crippen LogP) is 3.22. The van der Waals surface area contributed by atoms with Crippen LogP contribution in [0.25, 0.3) is 0 Å². The number of halogens is 2. The molecule has 3 nitrogen and oxygen atoms in total. The molecule has 0 unspecified atom stereocenters. The van der Waals surface area contributed by atoms with Crippen LogP contribution < -0.4 is 10.1 Å². The van der Waals surface area contributed by atoms with Crippen molar-refractivity contribution in [3.63, 3.8) is 0 Å². The van der Waals surface area contributed by atoms with Gasteiger partial charge in [0.15, 0.2) is 0 Å². The van der Waals surface area contributed by atoms with E-state index in [4.69, 9.17) is 4.74 Å². The van der Waals surface area contributed by atoms with Gasteiger partial charge in [-0.1, -0.05) is 24.3 Å². The molecule has 2 aromatic carbocycles. The predicted molar refractivity (Wildman–Crippen MR) is 73.1 cm³/mol. The molecule has 1 amide bonds. The third-order valence-electron chi connectivity index (χ3n) is 3.45. The van der Waals surface area contributed by atoms with Crippen LogP contribution in [0.15, 0.2) is 42.5 Å². The van der Waals surface area contributed by atoms with Gasteiger partial charge in [-0.15, -0.1) is 0 Å². The summed E-state index contributed by atoms with van der Waals surface area (Å²) in [5.41, 5.74) is 0.260. The number of carbonyl (C=O) groups is 1. The Morgan fingerprint density at radius 1 is 1.10 bits per heavy atom. The minimum absolute atomic E-state index is 0.318. The fourth-order valence-electron chi connectivity index (χ4n) is 2.44. The van der Waals surface area contributed by atoms with E-state index >= 15 is 0 Å². The van der Waals surface area contributed by atoms with Crippen LogP contribution in [0.5, 0.6) is 5.75 Å². The molecule has 1 N–H and O–H groups in total. The summed E-state index contributed by atoms with van der Waals surface area (Å²) >= 11 is 0. The number of rotatable bonds is 2. The van der Waals surface area contributed by atoms with Crippen LogP contribution in [0.2, 0.25) is 0 Å². The van der Waals surface area contributed by atoms with Gasteiger partial charge in [0, 0.05) is 12.0 Å². The van der Waals surface area contributed by atoms with E-state index in [1.165, 1.54) is 6.07 Å². The fourth-order valence-corrected chi connectivity index (χ4v) is 2.44. The fraction of sp³-hybridized carbons (Fsp3) is 0.188. The molecule has 0 aliphatic carbocycles. The van der Waals surface area contributed by atoms with Crippen molar-refractivity contribution in [2.75, 3.05) is 6.61 Å². The van der Waals surface area contributed by atoms with Crippen LogP contribution in [-0.2, 0) is 0 Å². The third-order valence-corrected chi connectivity index (χ3v) is 3.45. The summed E-state index contributed by atoms with van der Waals surface area (Å²) in [7, 11) is 0. The largest absolute Gasteiger partial charge is 0.493 e. The summed E-state index contributed by atoms with van der Waals surface area (Å²) in [5.74, 6) is -1.81. The number of carbonyl (C=O) groups excluding carboxylic acids is 1. The van der Waals surface area contributed by atoms with Gasteiger partial charge in [-0.25, -0.2) is 8.78 Å². The molecule has 0 radical (unpaired) electrons. The monoisotopic (exact) mass is 289 g/mol. The molecule has 3 rings (SSSR count). The quantitative estimate of drug-likeness (QED) is 0.922. The molecule has 0 fully saturated rings. The van der Waals surface area contributed by atoms with E-state index in [0.717, 1.165) is 17.7 Å². The molecule has 0 bridgehead atoms. The summed E-state index contributed by atoms with van der Waals surface area (Å²) in [5, 5.41) is 2.67. The van der Waals surface area contributed by atoms with Gasteiger partial charge in [0.1, 0.15) is 22.9 Å². The SMILES string of the molecule is O=C(N[C@H]1CCOc2ccccc21)c1c(F)cccc1F. The summed E-state index contributed by atoms with van der Waals surface area (Å²) < 4.78 is 32.7. The highest BCUT2D eigenvalue weighted by Gasteiger charge is 2.25. The molecular formula is C16H13F2NO2. The number of fused-ring (bicyclic) bond motifs is 1. The van der Waals surface area contributed by atoms with Crippen molar-refractivity contribution < 1.29 is 18.3 Å². The number of hydrogen-bond donors (Lipinski definition) is 1. The van der Waals surface area contributed by atoms with Crippen molar-refractivity contribution in [2.45, 2.75) is 12.5 Å². The van der Waals surface area contributed by atoms with Crippen LogP contribution in [-0.4, -0.2) is 12.5 Å². The normalized spacial score (nSPS) is 16.8. The summed E-state index contributed by atoms with van der Waals surface area (Å²) in [6.45, 7) is 0.446. The second kappa shape index (κ2) is 5.52. The molecule has 21 heavy (non-hydrogen) atoms. The third kappa shape index (κ3) is 2.59. The summed E-state index contributed by atoms with van der Waals surface area (Å²) in [4.78, 5) is 12.1. The highest BCUT2D eigenvalue weighted by molar-refractivity contribution is 5.95. The number of ether oxygens (including phenoxy) is 1. The lowest BCUT2D eigenvalue weighted by atomic mass is 10.00. The van der Waals surface area contributed by atoms with Gasteiger partial charge in [0.05, 0.1) is 12.6 Å². The first-order valence-electron chi connectivity index (χ1n) is 6.63. The molecule has 1 heterocycles. The van der Waals surface area contributed by atoms with Crippen molar-refractivity contribution in [3.05, 3.63) is 65.2 Å². The standard InChI is InChI=1S/C16H13F2NO2/c17-11-5-3-6-12(18)15(11)16(20)19-13-8-9-21-14-7-2-1-4-10(13)14/h1-7,13H,8-9H2,(H,19,20)/t13-/m0/s1. The topological polar surface area (TPSA) is 38.3 Å². The molecule has 0 aromatic heterocycles. The van der Waals surface area contributed by atoms with E-state index in [0.29, 0.717) is 18.8 Å².